The summed E-state index contributed by atoms with van der Waals surface area (Å²) in [7, 11) is 0. The molecule has 0 radical (unpaired) electrons. The highest BCUT2D eigenvalue weighted by Gasteiger charge is 2.10. The first-order chi connectivity index (χ1) is 5.29. The standard InChI is InChI=1S/C7H5NO2S/c9-7(10)4-3-8-5-1-2-11-6(4)5/h1-3,8H,(H,9,10). The van der Waals surface area contributed by atoms with Crippen LogP contribution in [0.1, 0.15) is 10.4 Å². The normalized spacial score (nSPS) is 10.5. The summed E-state index contributed by atoms with van der Waals surface area (Å²) in [6, 6.07) is 1.87. The van der Waals surface area contributed by atoms with E-state index in [-0.39, 0.29) is 0 Å². The van der Waals surface area contributed by atoms with Gasteiger partial charge in [0.25, 0.3) is 0 Å². The van der Waals surface area contributed by atoms with Crippen LogP contribution in [0.15, 0.2) is 17.6 Å². The molecule has 2 N–H and O–H groups in total. The summed E-state index contributed by atoms with van der Waals surface area (Å²) in [5, 5.41) is 10.5. The molecule has 0 atom stereocenters. The monoisotopic (exact) mass is 167 g/mol. The third-order valence-corrected chi connectivity index (χ3v) is 2.46. The molecule has 56 valence electrons. The number of H-pyrrole nitrogens is 1. The molecule has 2 rings (SSSR count). The van der Waals surface area contributed by atoms with Crippen LogP contribution in [0, 0.1) is 0 Å². The average Bonchev–Trinajstić information content (AvgIpc) is 2.41. The third kappa shape index (κ3) is 0.832. The van der Waals surface area contributed by atoms with Crippen molar-refractivity contribution < 1.29 is 9.90 Å². The zero-order chi connectivity index (χ0) is 7.84. The van der Waals surface area contributed by atoms with E-state index in [1.807, 2.05) is 11.4 Å². The second kappa shape index (κ2) is 2.10. The van der Waals surface area contributed by atoms with Crippen LogP contribution in [0.2, 0.25) is 0 Å². The lowest BCUT2D eigenvalue weighted by atomic mass is 10.3. The number of hydrogen-bond acceptors (Lipinski definition) is 2. The molecule has 2 aromatic rings. The van der Waals surface area contributed by atoms with Crippen LogP contribution in [0.3, 0.4) is 0 Å². The van der Waals surface area contributed by atoms with Gasteiger partial charge in [-0.05, 0) is 11.4 Å². The van der Waals surface area contributed by atoms with Gasteiger partial charge in [0, 0.05) is 6.20 Å². The summed E-state index contributed by atoms with van der Waals surface area (Å²) >= 11 is 1.44. The molecule has 0 amide bonds. The summed E-state index contributed by atoms with van der Waals surface area (Å²) in [6.07, 6.45) is 1.52. The number of hydrogen-bond donors (Lipinski definition) is 2. The number of carboxylic acid groups (broad SMARTS) is 1. The fourth-order valence-electron chi connectivity index (χ4n) is 1.01. The summed E-state index contributed by atoms with van der Waals surface area (Å²) in [4.78, 5) is 13.4. The van der Waals surface area contributed by atoms with Crippen molar-refractivity contribution in [3.05, 3.63) is 23.2 Å². The van der Waals surface area contributed by atoms with Gasteiger partial charge < -0.3 is 10.1 Å². The SMILES string of the molecule is O=C(O)c1c[nH]c2ccsc12. The summed E-state index contributed by atoms with van der Waals surface area (Å²) < 4.78 is 0.817. The predicted molar refractivity (Wildman–Crippen MR) is 43.1 cm³/mol. The summed E-state index contributed by atoms with van der Waals surface area (Å²) in [6.45, 7) is 0. The molecule has 0 unspecified atom stereocenters. The number of aromatic nitrogens is 1. The van der Waals surface area contributed by atoms with Gasteiger partial charge in [-0.3, -0.25) is 0 Å². The zero-order valence-electron chi connectivity index (χ0n) is 5.50. The van der Waals surface area contributed by atoms with Gasteiger partial charge in [0.1, 0.15) is 0 Å². The third-order valence-electron chi connectivity index (χ3n) is 1.51. The fraction of sp³-hybridized carbons (Fsp3) is 0. The van der Waals surface area contributed by atoms with E-state index in [9.17, 15) is 4.79 Å². The first-order valence-corrected chi connectivity index (χ1v) is 3.95. The highest BCUT2D eigenvalue weighted by atomic mass is 32.1. The van der Waals surface area contributed by atoms with Crippen molar-refractivity contribution in [1.29, 1.82) is 0 Å². The van der Waals surface area contributed by atoms with Gasteiger partial charge in [0.2, 0.25) is 0 Å². The number of thiophene rings is 1. The van der Waals surface area contributed by atoms with Crippen molar-refractivity contribution in [2.24, 2.45) is 0 Å². The molecule has 4 heteroatoms. The Hall–Kier alpha value is -1.29. The van der Waals surface area contributed by atoms with Crippen molar-refractivity contribution >= 4 is 27.5 Å². The maximum atomic E-state index is 10.6. The van der Waals surface area contributed by atoms with E-state index in [4.69, 9.17) is 5.11 Å². The van der Waals surface area contributed by atoms with Gasteiger partial charge in [0.15, 0.2) is 0 Å². The molecular weight excluding hydrogens is 162 g/mol. The maximum Gasteiger partial charge on any atom is 0.338 e. The van der Waals surface area contributed by atoms with E-state index in [1.165, 1.54) is 17.5 Å². The molecule has 0 saturated carbocycles. The molecule has 0 saturated heterocycles. The molecule has 2 heterocycles. The minimum absolute atomic E-state index is 0.356. The van der Waals surface area contributed by atoms with Gasteiger partial charge in [-0.25, -0.2) is 4.79 Å². The van der Waals surface area contributed by atoms with E-state index < -0.39 is 5.97 Å². The van der Waals surface area contributed by atoms with E-state index in [0.29, 0.717) is 5.56 Å². The van der Waals surface area contributed by atoms with E-state index >= 15 is 0 Å². The van der Waals surface area contributed by atoms with Crippen LogP contribution in [-0.2, 0) is 0 Å². The number of carbonyl (C=O) groups is 1. The van der Waals surface area contributed by atoms with Gasteiger partial charge >= 0.3 is 5.97 Å². The smallest absolute Gasteiger partial charge is 0.338 e. The van der Waals surface area contributed by atoms with Gasteiger partial charge in [-0.2, -0.15) is 0 Å². The van der Waals surface area contributed by atoms with Crippen molar-refractivity contribution in [1.82, 2.24) is 4.98 Å². The van der Waals surface area contributed by atoms with Crippen LogP contribution < -0.4 is 0 Å². The lowest BCUT2D eigenvalue weighted by Crippen LogP contribution is -1.92. The lowest BCUT2D eigenvalue weighted by molar-refractivity contribution is 0.0699. The molecule has 2 aromatic heterocycles. The van der Waals surface area contributed by atoms with Crippen molar-refractivity contribution in [3.63, 3.8) is 0 Å². The molecule has 0 aliphatic carbocycles. The van der Waals surface area contributed by atoms with E-state index in [0.717, 1.165) is 10.2 Å². The first kappa shape index (κ1) is 6.42. The molecule has 0 aliphatic rings. The number of nitrogens with one attached hydrogen (secondary N) is 1. The van der Waals surface area contributed by atoms with Crippen molar-refractivity contribution in [2.45, 2.75) is 0 Å². The van der Waals surface area contributed by atoms with Crippen LogP contribution in [0.5, 0.6) is 0 Å². The largest absolute Gasteiger partial charge is 0.478 e. The van der Waals surface area contributed by atoms with Crippen LogP contribution in [-0.4, -0.2) is 16.1 Å². The zero-order valence-corrected chi connectivity index (χ0v) is 6.31. The Morgan fingerprint density at radius 1 is 1.64 bits per heavy atom. The minimum atomic E-state index is -0.876. The van der Waals surface area contributed by atoms with Crippen molar-refractivity contribution in [3.8, 4) is 0 Å². The predicted octanol–water partition coefficient (Wildman–Crippen LogP) is 1.93. The van der Waals surface area contributed by atoms with Crippen LogP contribution >= 0.6 is 11.3 Å². The Bertz CT molecular complexity index is 401. The highest BCUT2D eigenvalue weighted by molar-refractivity contribution is 7.17. The molecule has 11 heavy (non-hydrogen) atoms. The van der Waals surface area contributed by atoms with Gasteiger partial charge in [-0.1, -0.05) is 0 Å². The molecule has 0 spiro atoms. The first-order valence-electron chi connectivity index (χ1n) is 3.07. The number of aromatic amines is 1. The number of rotatable bonds is 1. The van der Waals surface area contributed by atoms with Gasteiger partial charge in [-0.15, -0.1) is 11.3 Å². The molecule has 0 aliphatic heterocycles. The molecule has 0 bridgehead atoms. The minimum Gasteiger partial charge on any atom is -0.478 e. The lowest BCUT2D eigenvalue weighted by Gasteiger charge is -1.83. The van der Waals surface area contributed by atoms with Crippen LogP contribution in [0.4, 0.5) is 0 Å². The van der Waals surface area contributed by atoms with Crippen molar-refractivity contribution in [2.75, 3.05) is 0 Å². The Kier molecular flexibility index (Phi) is 1.22. The Morgan fingerprint density at radius 3 is 3.18 bits per heavy atom. The Labute approximate surface area is 66.3 Å². The highest BCUT2D eigenvalue weighted by Crippen LogP contribution is 2.23. The van der Waals surface area contributed by atoms with E-state index in [1.54, 1.807) is 0 Å². The second-order valence-electron chi connectivity index (χ2n) is 2.17. The average molecular weight is 167 g/mol. The fourth-order valence-corrected chi connectivity index (χ4v) is 1.87. The molecule has 0 aromatic carbocycles. The molecule has 3 nitrogen and oxygen atoms in total. The summed E-state index contributed by atoms with van der Waals surface area (Å²) in [5.74, 6) is -0.876. The molecular formula is C7H5NO2S. The van der Waals surface area contributed by atoms with Crippen LogP contribution in [0.25, 0.3) is 10.2 Å². The van der Waals surface area contributed by atoms with E-state index in [2.05, 4.69) is 4.98 Å². The maximum absolute atomic E-state index is 10.6. The Morgan fingerprint density at radius 2 is 2.45 bits per heavy atom. The Balaban J connectivity index is 2.78. The topological polar surface area (TPSA) is 53.1 Å². The second-order valence-corrected chi connectivity index (χ2v) is 3.09. The number of aromatic carboxylic acids is 1. The summed E-state index contributed by atoms with van der Waals surface area (Å²) in [5.41, 5.74) is 1.25. The number of carboxylic acids is 1. The van der Waals surface area contributed by atoms with Gasteiger partial charge in [0.05, 0.1) is 15.8 Å². The number of fused-ring (bicyclic) bond motifs is 1. The molecule has 0 fully saturated rings. The quantitative estimate of drug-likeness (QED) is 0.681.